The van der Waals surface area contributed by atoms with E-state index in [1.807, 2.05) is 85.8 Å². The lowest BCUT2D eigenvalue weighted by Gasteiger charge is -2.10. The van der Waals surface area contributed by atoms with Gasteiger partial charge in [-0.25, -0.2) is 14.8 Å². The number of fused-ring (bicyclic) bond motifs is 1. The third-order valence-electron chi connectivity index (χ3n) is 5.05. The van der Waals surface area contributed by atoms with Crippen molar-refractivity contribution in [2.24, 2.45) is 4.99 Å². The first-order chi connectivity index (χ1) is 16.6. The molecule has 0 bridgehead atoms. The molecule has 0 spiro atoms. The van der Waals surface area contributed by atoms with Gasteiger partial charge in [0.1, 0.15) is 10.8 Å². The van der Waals surface area contributed by atoms with Crippen LogP contribution in [0.5, 0.6) is 5.75 Å². The van der Waals surface area contributed by atoms with Crippen molar-refractivity contribution in [3.05, 3.63) is 101 Å². The number of nitrogens with zero attached hydrogens (tertiary/aromatic N) is 2. The van der Waals surface area contributed by atoms with E-state index in [4.69, 9.17) is 26.1 Å². The van der Waals surface area contributed by atoms with Crippen LogP contribution in [0.15, 0.2) is 99.5 Å². The average molecular weight is 487 g/mol. The monoisotopic (exact) mass is 486 g/mol. The molecule has 0 saturated carbocycles. The molecule has 0 fully saturated rings. The molecule has 168 valence electrons. The van der Waals surface area contributed by atoms with Gasteiger partial charge in [0.25, 0.3) is 0 Å². The lowest BCUT2D eigenvalue weighted by molar-refractivity contribution is -0.129. The number of esters is 1. The second kappa shape index (κ2) is 9.71. The zero-order chi connectivity index (χ0) is 23.5. The minimum absolute atomic E-state index is 0.221. The molecule has 1 aliphatic heterocycles. The summed E-state index contributed by atoms with van der Waals surface area (Å²) >= 11 is 7.53. The van der Waals surface area contributed by atoms with Crippen molar-refractivity contribution in [3.63, 3.8) is 0 Å². The van der Waals surface area contributed by atoms with Gasteiger partial charge < -0.3 is 9.47 Å². The maximum atomic E-state index is 12.6. The zero-order valence-electron chi connectivity index (χ0n) is 18.2. The van der Waals surface area contributed by atoms with E-state index >= 15 is 0 Å². The quantitative estimate of drug-likeness (QED) is 0.222. The van der Waals surface area contributed by atoms with Crippen molar-refractivity contribution < 1.29 is 14.3 Å². The first-order valence-electron chi connectivity index (χ1n) is 10.7. The maximum absolute atomic E-state index is 12.6. The van der Waals surface area contributed by atoms with E-state index in [1.54, 1.807) is 6.08 Å². The highest BCUT2D eigenvalue weighted by molar-refractivity contribution is 7.99. The summed E-state index contributed by atoms with van der Waals surface area (Å²) in [5.74, 6) is 0.554. The minimum atomic E-state index is -0.496. The van der Waals surface area contributed by atoms with Gasteiger partial charge in [0.05, 0.1) is 12.1 Å². The van der Waals surface area contributed by atoms with Gasteiger partial charge in [-0.2, -0.15) is 0 Å². The molecule has 0 aliphatic carbocycles. The predicted octanol–water partition coefficient (Wildman–Crippen LogP) is 6.78. The Bertz CT molecular complexity index is 1430. The van der Waals surface area contributed by atoms with Crippen LogP contribution in [0.1, 0.15) is 18.1 Å². The lowest BCUT2D eigenvalue weighted by atomic mass is 10.1. The molecule has 0 saturated heterocycles. The fourth-order valence-corrected chi connectivity index (χ4v) is 4.47. The molecule has 7 heteroatoms. The Morgan fingerprint density at radius 1 is 1.03 bits per heavy atom. The van der Waals surface area contributed by atoms with Gasteiger partial charge in [-0.3, -0.25) is 0 Å². The second-order valence-electron chi connectivity index (χ2n) is 7.43. The highest BCUT2D eigenvalue weighted by Crippen LogP contribution is 2.34. The highest BCUT2D eigenvalue weighted by atomic mass is 35.5. The van der Waals surface area contributed by atoms with E-state index in [9.17, 15) is 4.79 Å². The van der Waals surface area contributed by atoms with Crippen molar-refractivity contribution in [1.82, 2.24) is 4.98 Å². The number of cyclic esters (lactones) is 1. The summed E-state index contributed by atoms with van der Waals surface area (Å²) in [5, 5.41) is 2.30. The molecule has 1 aliphatic rings. The zero-order valence-corrected chi connectivity index (χ0v) is 19.8. The molecule has 5 rings (SSSR count). The molecule has 0 N–H and O–H groups in total. The fraction of sp³-hybridized carbons (Fsp3) is 0.0741. The summed E-state index contributed by atoms with van der Waals surface area (Å²) in [4.78, 5) is 22.9. The van der Waals surface area contributed by atoms with Crippen molar-refractivity contribution >= 4 is 52.2 Å². The van der Waals surface area contributed by atoms with Crippen LogP contribution in [0.2, 0.25) is 5.02 Å². The Labute approximate surface area is 206 Å². The average Bonchev–Trinajstić information content (AvgIpc) is 3.22. The van der Waals surface area contributed by atoms with Gasteiger partial charge in [0.15, 0.2) is 5.70 Å². The fourth-order valence-electron chi connectivity index (χ4n) is 3.47. The molecule has 0 radical (unpaired) electrons. The number of rotatable bonds is 6. The van der Waals surface area contributed by atoms with Gasteiger partial charge in [-0.15, -0.1) is 0 Å². The van der Waals surface area contributed by atoms with Crippen molar-refractivity contribution in [1.29, 1.82) is 0 Å². The maximum Gasteiger partial charge on any atom is 0.363 e. The van der Waals surface area contributed by atoms with Crippen LogP contribution in [0, 0.1) is 0 Å². The number of carbonyl (C=O) groups excluding carboxylic acids is 1. The van der Waals surface area contributed by atoms with Crippen LogP contribution >= 0.6 is 23.4 Å². The molecule has 5 nitrogen and oxygen atoms in total. The van der Waals surface area contributed by atoms with Crippen molar-refractivity contribution in [2.45, 2.75) is 16.8 Å². The predicted molar refractivity (Wildman–Crippen MR) is 136 cm³/mol. The molecule has 34 heavy (non-hydrogen) atoms. The third kappa shape index (κ3) is 4.83. The van der Waals surface area contributed by atoms with E-state index in [1.165, 1.54) is 11.8 Å². The molecular weight excluding hydrogens is 468 g/mol. The third-order valence-corrected chi connectivity index (χ3v) is 6.33. The van der Waals surface area contributed by atoms with Crippen LogP contribution in [0.25, 0.3) is 17.0 Å². The minimum Gasteiger partial charge on any atom is -0.494 e. The van der Waals surface area contributed by atoms with Gasteiger partial charge in [-0.1, -0.05) is 41.6 Å². The van der Waals surface area contributed by atoms with Crippen molar-refractivity contribution in [3.8, 4) is 5.75 Å². The van der Waals surface area contributed by atoms with E-state index in [2.05, 4.69) is 4.99 Å². The van der Waals surface area contributed by atoms with Crippen LogP contribution in [0.3, 0.4) is 0 Å². The summed E-state index contributed by atoms with van der Waals surface area (Å²) in [5.41, 5.74) is 2.54. The van der Waals surface area contributed by atoms with Gasteiger partial charge in [-0.05, 0) is 73.7 Å². The molecular formula is C27H19ClN2O3S. The molecule has 3 aromatic carbocycles. The normalized spacial score (nSPS) is 14.4. The number of carbonyl (C=O) groups is 1. The lowest BCUT2D eigenvalue weighted by Crippen LogP contribution is -2.05. The Morgan fingerprint density at radius 2 is 1.82 bits per heavy atom. The summed E-state index contributed by atoms with van der Waals surface area (Å²) in [6, 6.07) is 24.6. The van der Waals surface area contributed by atoms with Crippen molar-refractivity contribution in [2.75, 3.05) is 6.61 Å². The number of benzene rings is 3. The Morgan fingerprint density at radius 3 is 2.59 bits per heavy atom. The summed E-state index contributed by atoms with van der Waals surface area (Å²) in [7, 11) is 0. The molecule has 2 heterocycles. The van der Waals surface area contributed by atoms with E-state index < -0.39 is 5.97 Å². The first-order valence-corrected chi connectivity index (χ1v) is 11.9. The number of hydrogen-bond donors (Lipinski definition) is 0. The van der Waals surface area contributed by atoms with E-state index in [0.29, 0.717) is 11.6 Å². The molecule has 0 atom stereocenters. The number of ether oxygens (including phenoxy) is 2. The van der Waals surface area contributed by atoms with Crippen LogP contribution in [-0.2, 0) is 9.53 Å². The SMILES string of the molecule is CCOc1ccc2nc(Sc3ccc(Cl)cc3)c(/C=C3/N=C(c4ccccc4)OC3=O)cc2c1. The summed E-state index contributed by atoms with van der Waals surface area (Å²) in [6.07, 6.45) is 1.72. The number of halogens is 1. The van der Waals surface area contributed by atoms with Crippen LogP contribution in [-0.4, -0.2) is 23.5 Å². The molecule has 1 aromatic heterocycles. The standard InChI is InChI=1S/C27H19ClN2O3S/c1-2-32-21-10-13-23-18(15-21)14-19(26(30-23)34-22-11-8-20(28)9-12-22)16-24-27(31)33-25(29-24)17-6-4-3-5-7-17/h3-16H,2H2,1H3/b24-16+. The summed E-state index contributed by atoms with van der Waals surface area (Å²) < 4.78 is 11.1. The Hall–Kier alpha value is -3.61. The molecule has 4 aromatic rings. The topological polar surface area (TPSA) is 60.8 Å². The number of pyridine rings is 1. The Balaban J connectivity index is 1.60. The summed E-state index contributed by atoms with van der Waals surface area (Å²) in [6.45, 7) is 2.52. The van der Waals surface area contributed by atoms with Crippen LogP contribution in [0.4, 0.5) is 0 Å². The van der Waals surface area contributed by atoms with E-state index in [0.717, 1.165) is 37.7 Å². The van der Waals surface area contributed by atoms with Gasteiger partial charge in [0.2, 0.25) is 5.90 Å². The molecule has 0 amide bonds. The number of aromatic nitrogens is 1. The first kappa shape index (κ1) is 22.2. The van der Waals surface area contributed by atoms with Gasteiger partial charge in [0, 0.05) is 26.4 Å². The molecule has 0 unspecified atom stereocenters. The van der Waals surface area contributed by atoms with E-state index in [-0.39, 0.29) is 11.6 Å². The van der Waals surface area contributed by atoms with Crippen LogP contribution < -0.4 is 4.74 Å². The largest absolute Gasteiger partial charge is 0.494 e. The number of aliphatic imine (C=N–C) groups is 1. The smallest absolute Gasteiger partial charge is 0.363 e. The highest BCUT2D eigenvalue weighted by Gasteiger charge is 2.24. The second-order valence-corrected chi connectivity index (χ2v) is 8.93. The Kier molecular flexibility index (Phi) is 6.34. The van der Waals surface area contributed by atoms with Gasteiger partial charge >= 0.3 is 5.97 Å². The number of hydrogen-bond acceptors (Lipinski definition) is 6.